The summed E-state index contributed by atoms with van der Waals surface area (Å²) in [5.41, 5.74) is 0.650. The van der Waals surface area contributed by atoms with Gasteiger partial charge in [-0.25, -0.2) is 0 Å². The van der Waals surface area contributed by atoms with Crippen LogP contribution in [0.2, 0.25) is 5.02 Å². The van der Waals surface area contributed by atoms with Gasteiger partial charge in [-0.2, -0.15) is 11.8 Å². The molecule has 2 rings (SSSR count). The summed E-state index contributed by atoms with van der Waals surface area (Å²) in [6, 6.07) is 5.76. The minimum atomic E-state index is -0.00921. The van der Waals surface area contributed by atoms with Gasteiger partial charge in [0.15, 0.2) is 0 Å². The summed E-state index contributed by atoms with van der Waals surface area (Å²) in [6.07, 6.45) is 6.77. The van der Waals surface area contributed by atoms with E-state index in [-0.39, 0.29) is 5.91 Å². The molecule has 0 radical (unpaired) electrons. The molecule has 1 aromatic carbocycles. The van der Waals surface area contributed by atoms with Gasteiger partial charge in [-0.1, -0.05) is 18.0 Å². The van der Waals surface area contributed by atoms with Crippen molar-refractivity contribution in [3.8, 4) is 0 Å². The van der Waals surface area contributed by atoms with Gasteiger partial charge in [-0.3, -0.25) is 4.79 Å². The summed E-state index contributed by atoms with van der Waals surface area (Å²) in [5, 5.41) is 4.45. The van der Waals surface area contributed by atoms with Gasteiger partial charge in [0.05, 0.1) is 5.02 Å². The van der Waals surface area contributed by atoms with Crippen molar-refractivity contribution in [3.63, 3.8) is 0 Å². The molecule has 0 aromatic heterocycles. The maximum atomic E-state index is 12.2. The second-order valence-corrected chi connectivity index (χ2v) is 7.53. The van der Waals surface area contributed by atoms with E-state index in [9.17, 15) is 4.79 Å². The minimum Gasteiger partial charge on any atom is -0.349 e. The molecule has 104 valence electrons. The molecule has 2 unspecified atom stereocenters. The Hall–Kier alpha value is 0.0600. The zero-order chi connectivity index (χ0) is 13.8. The first-order valence-electron chi connectivity index (χ1n) is 6.39. The van der Waals surface area contributed by atoms with Crippen molar-refractivity contribution in [2.45, 2.75) is 37.0 Å². The van der Waals surface area contributed by atoms with E-state index in [0.29, 0.717) is 21.9 Å². The van der Waals surface area contributed by atoms with Gasteiger partial charge >= 0.3 is 0 Å². The molecular weight excluding hydrogens is 393 g/mol. The van der Waals surface area contributed by atoms with Crippen LogP contribution in [0.3, 0.4) is 0 Å². The van der Waals surface area contributed by atoms with E-state index in [4.69, 9.17) is 11.6 Å². The van der Waals surface area contributed by atoms with E-state index in [1.54, 1.807) is 6.07 Å². The first-order valence-corrected chi connectivity index (χ1v) is 9.13. The van der Waals surface area contributed by atoms with Crippen LogP contribution < -0.4 is 5.32 Å². The Labute approximate surface area is 137 Å². The van der Waals surface area contributed by atoms with Crippen molar-refractivity contribution in [2.75, 3.05) is 6.26 Å². The molecule has 1 amide bonds. The number of hydrogen-bond acceptors (Lipinski definition) is 2. The zero-order valence-corrected chi connectivity index (χ0v) is 14.5. The van der Waals surface area contributed by atoms with Crippen LogP contribution in [0.5, 0.6) is 0 Å². The molecule has 0 spiro atoms. The second-order valence-electron chi connectivity index (χ2n) is 4.82. The van der Waals surface area contributed by atoms with Crippen molar-refractivity contribution >= 4 is 51.9 Å². The number of benzene rings is 1. The predicted molar refractivity (Wildman–Crippen MR) is 91.2 cm³/mol. The van der Waals surface area contributed by atoms with Gasteiger partial charge in [-0.15, -0.1) is 0 Å². The summed E-state index contributed by atoms with van der Waals surface area (Å²) in [4.78, 5) is 12.2. The van der Waals surface area contributed by atoms with Gasteiger partial charge < -0.3 is 5.32 Å². The molecule has 1 saturated carbocycles. The van der Waals surface area contributed by atoms with E-state index >= 15 is 0 Å². The Morgan fingerprint density at radius 1 is 1.47 bits per heavy atom. The Morgan fingerprint density at radius 2 is 2.26 bits per heavy atom. The largest absolute Gasteiger partial charge is 0.349 e. The highest BCUT2D eigenvalue weighted by Gasteiger charge is 2.23. The lowest BCUT2D eigenvalue weighted by Crippen LogP contribution is -2.39. The average molecular weight is 410 g/mol. The lowest BCUT2D eigenvalue weighted by molar-refractivity contribution is 0.0928. The fraction of sp³-hybridized carbons (Fsp3) is 0.500. The molecule has 1 aromatic rings. The Kier molecular flexibility index (Phi) is 5.84. The summed E-state index contributed by atoms with van der Waals surface area (Å²) in [6.45, 7) is 0. The highest BCUT2D eigenvalue weighted by atomic mass is 127. The molecule has 1 fully saturated rings. The molecule has 0 bridgehead atoms. The van der Waals surface area contributed by atoms with Crippen LogP contribution in [-0.2, 0) is 0 Å². The lowest BCUT2D eigenvalue weighted by Gasteiger charge is -2.28. The number of carbonyl (C=O) groups is 1. The van der Waals surface area contributed by atoms with Gasteiger partial charge in [0, 0.05) is 20.4 Å². The van der Waals surface area contributed by atoms with Crippen LogP contribution in [-0.4, -0.2) is 23.5 Å². The third kappa shape index (κ3) is 4.26. The Balaban J connectivity index is 1.98. The van der Waals surface area contributed by atoms with Crippen molar-refractivity contribution in [2.24, 2.45) is 0 Å². The standard InChI is InChI=1S/C14H17ClINOS/c1-19-11-4-2-3-10(8-11)17-14(18)9-5-6-13(16)12(15)7-9/h5-7,10-11H,2-4,8H2,1H3,(H,17,18). The SMILES string of the molecule is CSC1CCCC(NC(=O)c2ccc(I)c(Cl)c2)C1. The number of nitrogens with one attached hydrogen (secondary N) is 1. The fourth-order valence-electron chi connectivity index (χ4n) is 2.40. The molecule has 2 atom stereocenters. The third-order valence-corrected chi connectivity index (χ3v) is 6.14. The van der Waals surface area contributed by atoms with Crippen LogP contribution in [0.15, 0.2) is 18.2 Å². The molecule has 1 aliphatic carbocycles. The summed E-state index contributed by atoms with van der Waals surface area (Å²) >= 11 is 10.1. The van der Waals surface area contributed by atoms with Crippen molar-refractivity contribution < 1.29 is 4.79 Å². The van der Waals surface area contributed by atoms with Crippen LogP contribution in [0.4, 0.5) is 0 Å². The molecule has 0 aliphatic heterocycles. The molecule has 5 heteroatoms. The van der Waals surface area contributed by atoms with Gasteiger partial charge in [0.25, 0.3) is 5.91 Å². The number of carbonyl (C=O) groups excluding carboxylic acids is 1. The highest BCUT2D eigenvalue weighted by Crippen LogP contribution is 2.27. The van der Waals surface area contributed by atoms with Crippen molar-refractivity contribution in [1.29, 1.82) is 0 Å². The smallest absolute Gasteiger partial charge is 0.251 e. The van der Waals surface area contributed by atoms with E-state index < -0.39 is 0 Å². The second kappa shape index (κ2) is 7.18. The summed E-state index contributed by atoms with van der Waals surface area (Å²) < 4.78 is 0.968. The van der Waals surface area contributed by atoms with Crippen molar-refractivity contribution in [3.05, 3.63) is 32.4 Å². The molecule has 2 nitrogen and oxygen atoms in total. The topological polar surface area (TPSA) is 29.1 Å². The van der Waals surface area contributed by atoms with Crippen LogP contribution in [0, 0.1) is 3.57 Å². The monoisotopic (exact) mass is 409 g/mol. The van der Waals surface area contributed by atoms with Gasteiger partial charge in [-0.05, 0) is 66.3 Å². The van der Waals surface area contributed by atoms with E-state index in [1.165, 1.54) is 12.8 Å². The van der Waals surface area contributed by atoms with Gasteiger partial charge in [0.2, 0.25) is 0 Å². The summed E-state index contributed by atoms with van der Waals surface area (Å²) in [5.74, 6) is -0.00921. The normalized spacial score (nSPS) is 23.1. The Morgan fingerprint density at radius 3 is 2.95 bits per heavy atom. The van der Waals surface area contributed by atoms with Crippen LogP contribution >= 0.6 is 46.0 Å². The number of thioether (sulfide) groups is 1. The molecule has 19 heavy (non-hydrogen) atoms. The third-order valence-electron chi connectivity index (χ3n) is 3.48. The van der Waals surface area contributed by atoms with E-state index in [0.717, 1.165) is 16.4 Å². The number of amides is 1. The van der Waals surface area contributed by atoms with Crippen LogP contribution in [0.1, 0.15) is 36.0 Å². The lowest BCUT2D eigenvalue weighted by atomic mass is 9.94. The van der Waals surface area contributed by atoms with Crippen LogP contribution in [0.25, 0.3) is 0 Å². The molecule has 0 heterocycles. The molecule has 0 saturated heterocycles. The number of rotatable bonds is 3. The quantitative estimate of drug-likeness (QED) is 0.752. The first kappa shape index (κ1) is 15.4. The number of hydrogen-bond donors (Lipinski definition) is 1. The molecular formula is C14H17ClINOS. The maximum absolute atomic E-state index is 12.2. The first-order chi connectivity index (χ1) is 9.10. The molecule has 1 aliphatic rings. The fourth-order valence-corrected chi connectivity index (χ4v) is 3.74. The maximum Gasteiger partial charge on any atom is 0.251 e. The highest BCUT2D eigenvalue weighted by molar-refractivity contribution is 14.1. The van der Waals surface area contributed by atoms with Gasteiger partial charge in [0.1, 0.15) is 0 Å². The molecule has 1 N–H and O–H groups in total. The number of halogens is 2. The summed E-state index contributed by atoms with van der Waals surface area (Å²) in [7, 11) is 0. The van der Waals surface area contributed by atoms with E-state index in [2.05, 4.69) is 34.2 Å². The van der Waals surface area contributed by atoms with E-state index in [1.807, 2.05) is 23.9 Å². The average Bonchev–Trinajstić information content (AvgIpc) is 2.42. The minimum absolute atomic E-state index is 0.00921. The predicted octanol–water partition coefficient (Wildman–Crippen LogP) is 4.35. The zero-order valence-electron chi connectivity index (χ0n) is 10.8. The van der Waals surface area contributed by atoms with Crippen molar-refractivity contribution in [1.82, 2.24) is 5.32 Å². The Bertz CT molecular complexity index is 469.